The van der Waals surface area contributed by atoms with Crippen LogP contribution in [-0.4, -0.2) is 24.0 Å². The van der Waals surface area contributed by atoms with Gasteiger partial charge in [0.1, 0.15) is 5.82 Å². The summed E-state index contributed by atoms with van der Waals surface area (Å²) in [5, 5.41) is 9.04. The van der Waals surface area contributed by atoms with Crippen molar-refractivity contribution in [3.05, 3.63) is 35.6 Å². The molecule has 0 spiro atoms. The number of rotatable bonds is 4. The molecule has 2 nitrogen and oxygen atoms in total. The SMILES string of the molecule is CC(C)[C@H](CO)N=Cc1cccc(F)c1. The smallest absolute Gasteiger partial charge is 0.123 e. The third kappa shape index (κ3) is 3.80. The summed E-state index contributed by atoms with van der Waals surface area (Å²) in [6, 6.07) is 6.11. The van der Waals surface area contributed by atoms with Crippen LogP contribution in [0.15, 0.2) is 29.3 Å². The van der Waals surface area contributed by atoms with E-state index in [1.165, 1.54) is 12.1 Å². The van der Waals surface area contributed by atoms with Gasteiger partial charge in [-0.25, -0.2) is 4.39 Å². The zero-order valence-electron chi connectivity index (χ0n) is 9.02. The first kappa shape index (κ1) is 11.9. The number of aliphatic hydroxyl groups is 1. The molecule has 0 unspecified atom stereocenters. The van der Waals surface area contributed by atoms with Gasteiger partial charge in [0, 0.05) is 6.21 Å². The van der Waals surface area contributed by atoms with E-state index in [4.69, 9.17) is 5.11 Å². The van der Waals surface area contributed by atoms with E-state index < -0.39 is 0 Å². The summed E-state index contributed by atoms with van der Waals surface area (Å²) in [5.74, 6) is 0.00357. The van der Waals surface area contributed by atoms with Crippen molar-refractivity contribution in [1.82, 2.24) is 0 Å². The second kappa shape index (κ2) is 5.61. The molecule has 0 amide bonds. The molecule has 0 saturated carbocycles. The average Bonchev–Trinajstić information content (AvgIpc) is 2.18. The lowest BCUT2D eigenvalue weighted by Crippen LogP contribution is -2.17. The number of nitrogens with zero attached hydrogens (tertiary/aromatic N) is 1. The molecule has 82 valence electrons. The molecule has 0 fully saturated rings. The van der Waals surface area contributed by atoms with Gasteiger partial charge >= 0.3 is 0 Å². The zero-order valence-corrected chi connectivity index (χ0v) is 9.02. The molecule has 0 saturated heterocycles. The van der Waals surface area contributed by atoms with Gasteiger partial charge in [-0.3, -0.25) is 4.99 Å². The van der Waals surface area contributed by atoms with Gasteiger partial charge in [0.05, 0.1) is 12.6 Å². The van der Waals surface area contributed by atoms with E-state index in [1.54, 1.807) is 18.3 Å². The average molecular weight is 209 g/mol. The molecule has 3 heteroatoms. The fourth-order valence-electron chi connectivity index (χ4n) is 1.20. The molecule has 0 aliphatic heterocycles. The van der Waals surface area contributed by atoms with Crippen LogP contribution in [0.5, 0.6) is 0 Å². The van der Waals surface area contributed by atoms with E-state index in [-0.39, 0.29) is 24.4 Å². The number of halogens is 1. The predicted molar refractivity (Wildman–Crippen MR) is 59.7 cm³/mol. The van der Waals surface area contributed by atoms with Crippen LogP contribution in [0, 0.1) is 11.7 Å². The maximum Gasteiger partial charge on any atom is 0.123 e. The van der Waals surface area contributed by atoms with E-state index in [9.17, 15) is 4.39 Å². The quantitative estimate of drug-likeness (QED) is 0.758. The maximum atomic E-state index is 12.8. The number of aliphatic hydroxyl groups excluding tert-OH is 1. The van der Waals surface area contributed by atoms with E-state index >= 15 is 0 Å². The fourth-order valence-corrected chi connectivity index (χ4v) is 1.20. The Balaban J connectivity index is 2.71. The van der Waals surface area contributed by atoms with Crippen molar-refractivity contribution < 1.29 is 9.50 Å². The van der Waals surface area contributed by atoms with E-state index in [0.717, 1.165) is 0 Å². The second-order valence-electron chi connectivity index (χ2n) is 3.83. The molecule has 0 aliphatic rings. The van der Waals surface area contributed by atoms with Crippen LogP contribution in [0.25, 0.3) is 0 Å². The van der Waals surface area contributed by atoms with Crippen LogP contribution in [0.3, 0.4) is 0 Å². The minimum absolute atomic E-state index is 0.0173. The van der Waals surface area contributed by atoms with Crippen molar-refractivity contribution in [3.8, 4) is 0 Å². The van der Waals surface area contributed by atoms with Gasteiger partial charge in [-0.15, -0.1) is 0 Å². The highest BCUT2D eigenvalue weighted by Crippen LogP contribution is 2.06. The van der Waals surface area contributed by atoms with Crippen molar-refractivity contribution in [2.75, 3.05) is 6.61 Å². The summed E-state index contributed by atoms with van der Waals surface area (Å²) in [7, 11) is 0. The van der Waals surface area contributed by atoms with Crippen LogP contribution in [0.4, 0.5) is 4.39 Å². The van der Waals surface area contributed by atoms with E-state index in [1.807, 2.05) is 13.8 Å². The van der Waals surface area contributed by atoms with Crippen molar-refractivity contribution >= 4 is 6.21 Å². The van der Waals surface area contributed by atoms with Gasteiger partial charge in [-0.05, 0) is 23.6 Å². The largest absolute Gasteiger partial charge is 0.394 e. The Hall–Kier alpha value is -1.22. The molecule has 0 aliphatic carbocycles. The molecular weight excluding hydrogens is 193 g/mol. The molecular formula is C12H16FNO. The summed E-state index contributed by atoms with van der Waals surface area (Å²) < 4.78 is 12.8. The van der Waals surface area contributed by atoms with Crippen LogP contribution in [-0.2, 0) is 0 Å². The third-order valence-corrected chi connectivity index (χ3v) is 2.22. The lowest BCUT2D eigenvalue weighted by Gasteiger charge is -2.12. The Morgan fingerprint density at radius 1 is 1.47 bits per heavy atom. The van der Waals surface area contributed by atoms with Gasteiger partial charge in [0.15, 0.2) is 0 Å². The fraction of sp³-hybridized carbons (Fsp3) is 0.417. The molecule has 1 rings (SSSR count). The number of hydrogen-bond acceptors (Lipinski definition) is 2. The summed E-state index contributed by atoms with van der Waals surface area (Å²) in [6.45, 7) is 4.00. The highest BCUT2D eigenvalue weighted by Gasteiger charge is 2.08. The highest BCUT2D eigenvalue weighted by molar-refractivity contribution is 5.79. The first-order chi connectivity index (χ1) is 7.13. The molecule has 1 N–H and O–H groups in total. The Bertz CT molecular complexity index is 336. The molecule has 15 heavy (non-hydrogen) atoms. The van der Waals surface area contributed by atoms with Crippen LogP contribution in [0.2, 0.25) is 0 Å². The highest BCUT2D eigenvalue weighted by atomic mass is 19.1. The summed E-state index contributed by atoms with van der Waals surface area (Å²) in [5.41, 5.74) is 0.717. The van der Waals surface area contributed by atoms with Crippen LogP contribution >= 0.6 is 0 Å². The molecule has 0 radical (unpaired) electrons. The third-order valence-electron chi connectivity index (χ3n) is 2.22. The second-order valence-corrected chi connectivity index (χ2v) is 3.83. The van der Waals surface area contributed by atoms with Gasteiger partial charge < -0.3 is 5.11 Å². The van der Waals surface area contributed by atoms with Gasteiger partial charge in [0.2, 0.25) is 0 Å². The molecule has 1 atom stereocenters. The summed E-state index contributed by atoms with van der Waals surface area (Å²) >= 11 is 0. The molecule has 0 heterocycles. The molecule has 0 aromatic heterocycles. The standard InChI is InChI=1S/C12H16FNO/c1-9(2)12(8-15)14-7-10-4-3-5-11(13)6-10/h3-7,9,12,15H,8H2,1-2H3/t12-/m0/s1. The lowest BCUT2D eigenvalue weighted by atomic mass is 10.1. The van der Waals surface area contributed by atoms with Crippen molar-refractivity contribution in [2.45, 2.75) is 19.9 Å². The number of benzene rings is 1. The normalized spacial score (nSPS) is 13.7. The van der Waals surface area contributed by atoms with Gasteiger partial charge in [0.25, 0.3) is 0 Å². The first-order valence-electron chi connectivity index (χ1n) is 5.03. The molecule has 0 bridgehead atoms. The predicted octanol–water partition coefficient (Wildman–Crippen LogP) is 2.26. The van der Waals surface area contributed by atoms with Crippen molar-refractivity contribution in [1.29, 1.82) is 0 Å². The maximum absolute atomic E-state index is 12.8. The van der Waals surface area contributed by atoms with E-state index in [2.05, 4.69) is 4.99 Å². The Kier molecular flexibility index (Phi) is 4.43. The Morgan fingerprint density at radius 3 is 2.73 bits per heavy atom. The van der Waals surface area contributed by atoms with Gasteiger partial charge in [-0.1, -0.05) is 26.0 Å². The van der Waals surface area contributed by atoms with Crippen LogP contribution in [0.1, 0.15) is 19.4 Å². The zero-order chi connectivity index (χ0) is 11.3. The number of aliphatic imine (C=N–C) groups is 1. The Morgan fingerprint density at radius 2 is 2.20 bits per heavy atom. The topological polar surface area (TPSA) is 32.6 Å². The Labute approximate surface area is 89.5 Å². The first-order valence-corrected chi connectivity index (χ1v) is 5.03. The monoisotopic (exact) mass is 209 g/mol. The van der Waals surface area contributed by atoms with E-state index in [0.29, 0.717) is 5.56 Å². The summed E-state index contributed by atoms with van der Waals surface area (Å²) in [4.78, 5) is 4.21. The minimum Gasteiger partial charge on any atom is -0.394 e. The lowest BCUT2D eigenvalue weighted by molar-refractivity contribution is 0.240. The minimum atomic E-state index is -0.274. The van der Waals surface area contributed by atoms with Crippen molar-refractivity contribution in [3.63, 3.8) is 0 Å². The van der Waals surface area contributed by atoms with Gasteiger partial charge in [-0.2, -0.15) is 0 Å². The molecule has 1 aromatic rings. The number of hydrogen-bond donors (Lipinski definition) is 1. The van der Waals surface area contributed by atoms with Crippen molar-refractivity contribution in [2.24, 2.45) is 10.9 Å². The summed E-state index contributed by atoms with van der Waals surface area (Å²) in [6.07, 6.45) is 1.60. The molecule has 1 aromatic carbocycles. The van der Waals surface area contributed by atoms with Crippen LogP contribution < -0.4 is 0 Å².